The summed E-state index contributed by atoms with van der Waals surface area (Å²) in [5.74, 6) is -0.319. The van der Waals surface area contributed by atoms with Gasteiger partial charge < -0.3 is 5.32 Å². The van der Waals surface area contributed by atoms with Crippen molar-refractivity contribution in [1.82, 2.24) is 9.62 Å². The number of sulfonamides is 1. The molecule has 1 N–H and O–H groups in total. The predicted octanol–water partition coefficient (Wildman–Crippen LogP) is 4.01. The molecule has 1 amide bonds. The van der Waals surface area contributed by atoms with Gasteiger partial charge in [0.15, 0.2) is 0 Å². The van der Waals surface area contributed by atoms with Crippen LogP contribution in [0.1, 0.15) is 48.1 Å². The summed E-state index contributed by atoms with van der Waals surface area (Å²) in [5.41, 5.74) is 1.29. The van der Waals surface area contributed by atoms with Crippen LogP contribution in [0.25, 0.3) is 0 Å². The summed E-state index contributed by atoms with van der Waals surface area (Å²) < 4.78 is 27.1. The van der Waals surface area contributed by atoms with Crippen molar-refractivity contribution in [2.45, 2.75) is 37.1 Å². The first kappa shape index (κ1) is 19.9. The Labute approximate surface area is 165 Å². The zero-order chi connectivity index (χ0) is 19.4. The normalized spacial score (nSPS) is 16.2. The SMILES string of the molecule is CC[C@@H](NC(=O)c1ccc(Cl)c(S(=O)(=O)N2CCCC2)c1)c1ccccc1. The highest BCUT2D eigenvalue weighted by Crippen LogP contribution is 2.28. The van der Waals surface area contributed by atoms with Crippen molar-refractivity contribution in [3.8, 4) is 0 Å². The molecular formula is C20H23ClN2O3S. The minimum Gasteiger partial charge on any atom is -0.345 e. The lowest BCUT2D eigenvalue weighted by Gasteiger charge is -2.19. The molecule has 144 valence electrons. The van der Waals surface area contributed by atoms with E-state index in [1.54, 1.807) is 6.07 Å². The zero-order valence-corrected chi connectivity index (χ0v) is 16.8. The molecule has 1 saturated heterocycles. The molecule has 0 unspecified atom stereocenters. The smallest absolute Gasteiger partial charge is 0.251 e. The van der Waals surface area contributed by atoms with Crippen LogP contribution < -0.4 is 5.32 Å². The van der Waals surface area contributed by atoms with Gasteiger partial charge in [0.05, 0.1) is 11.1 Å². The van der Waals surface area contributed by atoms with Gasteiger partial charge in [0.25, 0.3) is 5.91 Å². The number of carbonyl (C=O) groups is 1. The number of amides is 1. The monoisotopic (exact) mass is 406 g/mol. The lowest BCUT2D eigenvalue weighted by Crippen LogP contribution is -2.30. The number of nitrogens with one attached hydrogen (secondary N) is 1. The van der Waals surface area contributed by atoms with E-state index in [-0.39, 0.29) is 27.4 Å². The topological polar surface area (TPSA) is 66.5 Å². The fourth-order valence-electron chi connectivity index (χ4n) is 3.26. The van der Waals surface area contributed by atoms with Gasteiger partial charge in [-0.15, -0.1) is 0 Å². The average molecular weight is 407 g/mol. The summed E-state index contributed by atoms with van der Waals surface area (Å²) in [6, 6.07) is 13.9. The third kappa shape index (κ3) is 4.34. The van der Waals surface area contributed by atoms with Gasteiger partial charge in [0.2, 0.25) is 10.0 Å². The molecule has 1 aliphatic heterocycles. The van der Waals surface area contributed by atoms with Crippen molar-refractivity contribution in [3.63, 3.8) is 0 Å². The first-order valence-corrected chi connectivity index (χ1v) is 10.9. The van der Waals surface area contributed by atoms with Crippen molar-refractivity contribution in [2.75, 3.05) is 13.1 Å². The van der Waals surface area contributed by atoms with Crippen LogP contribution in [0.3, 0.4) is 0 Å². The molecule has 0 saturated carbocycles. The van der Waals surface area contributed by atoms with E-state index in [2.05, 4.69) is 5.32 Å². The molecule has 0 aromatic heterocycles. The molecule has 0 aliphatic carbocycles. The molecule has 1 aliphatic rings. The summed E-state index contributed by atoms with van der Waals surface area (Å²) in [6.45, 7) is 2.96. The van der Waals surface area contributed by atoms with Crippen LogP contribution in [-0.2, 0) is 10.0 Å². The molecule has 5 nitrogen and oxygen atoms in total. The van der Waals surface area contributed by atoms with Gasteiger partial charge in [-0.1, -0.05) is 48.9 Å². The number of hydrogen-bond donors (Lipinski definition) is 1. The second-order valence-corrected chi connectivity index (χ2v) is 8.91. The van der Waals surface area contributed by atoms with Gasteiger partial charge in [-0.3, -0.25) is 4.79 Å². The number of hydrogen-bond acceptors (Lipinski definition) is 3. The lowest BCUT2D eigenvalue weighted by atomic mass is 10.0. The van der Waals surface area contributed by atoms with Crippen LogP contribution in [0.2, 0.25) is 5.02 Å². The van der Waals surface area contributed by atoms with Crippen LogP contribution in [0.4, 0.5) is 0 Å². The number of carbonyl (C=O) groups excluding carboxylic acids is 1. The molecule has 3 rings (SSSR count). The Morgan fingerprint density at radius 3 is 2.44 bits per heavy atom. The number of benzene rings is 2. The lowest BCUT2D eigenvalue weighted by molar-refractivity contribution is 0.0935. The third-order valence-electron chi connectivity index (χ3n) is 4.79. The minimum atomic E-state index is -3.69. The highest BCUT2D eigenvalue weighted by atomic mass is 35.5. The fourth-order valence-corrected chi connectivity index (χ4v) is 5.28. The van der Waals surface area contributed by atoms with Crippen molar-refractivity contribution >= 4 is 27.5 Å². The summed E-state index contributed by atoms with van der Waals surface area (Å²) in [6.07, 6.45) is 2.40. The summed E-state index contributed by atoms with van der Waals surface area (Å²) in [5, 5.41) is 3.11. The van der Waals surface area contributed by atoms with E-state index in [0.29, 0.717) is 13.1 Å². The summed E-state index contributed by atoms with van der Waals surface area (Å²) in [4.78, 5) is 12.7. The number of rotatable bonds is 6. The summed E-state index contributed by atoms with van der Waals surface area (Å²) in [7, 11) is -3.69. The van der Waals surface area contributed by atoms with Crippen molar-refractivity contribution in [2.24, 2.45) is 0 Å². The van der Waals surface area contributed by atoms with Crippen LogP contribution in [0.15, 0.2) is 53.4 Å². The van der Waals surface area contributed by atoms with Crippen molar-refractivity contribution in [1.29, 1.82) is 0 Å². The van der Waals surface area contributed by atoms with E-state index in [1.165, 1.54) is 16.4 Å². The van der Waals surface area contributed by atoms with Crippen molar-refractivity contribution in [3.05, 3.63) is 64.7 Å². The molecule has 2 aromatic rings. The van der Waals surface area contributed by atoms with E-state index in [4.69, 9.17) is 11.6 Å². The molecular weight excluding hydrogens is 384 g/mol. The van der Waals surface area contributed by atoms with E-state index in [1.807, 2.05) is 37.3 Å². The van der Waals surface area contributed by atoms with Crippen LogP contribution in [-0.4, -0.2) is 31.7 Å². The number of nitrogens with zero attached hydrogens (tertiary/aromatic N) is 1. The first-order valence-electron chi connectivity index (χ1n) is 9.09. The highest BCUT2D eigenvalue weighted by molar-refractivity contribution is 7.89. The number of halogens is 1. The third-order valence-corrected chi connectivity index (χ3v) is 7.17. The Morgan fingerprint density at radius 1 is 1.15 bits per heavy atom. The Bertz CT molecular complexity index is 910. The Morgan fingerprint density at radius 2 is 1.81 bits per heavy atom. The van der Waals surface area contributed by atoms with Gasteiger partial charge in [0, 0.05) is 18.7 Å². The van der Waals surface area contributed by atoms with Gasteiger partial charge in [-0.2, -0.15) is 4.31 Å². The second kappa shape index (κ2) is 8.42. The standard InChI is InChI=1S/C20H23ClN2O3S/c1-2-18(15-8-4-3-5-9-15)22-20(24)16-10-11-17(21)19(14-16)27(25,26)23-12-6-7-13-23/h3-5,8-11,14,18H,2,6-7,12-13H2,1H3,(H,22,24)/t18-/m1/s1. The van der Waals surface area contributed by atoms with Gasteiger partial charge in [-0.25, -0.2) is 8.42 Å². The van der Waals surface area contributed by atoms with Crippen molar-refractivity contribution < 1.29 is 13.2 Å². The van der Waals surface area contributed by atoms with Gasteiger partial charge >= 0.3 is 0 Å². The first-order chi connectivity index (χ1) is 12.9. The maximum Gasteiger partial charge on any atom is 0.251 e. The summed E-state index contributed by atoms with van der Waals surface area (Å²) >= 11 is 6.16. The van der Waals surface area contributed by atoms with Gasteiger partial charge in [-0.05, 0) is 43.0 Å². The minimum absolute atomic E-state index is 0.00789. The molecule has 0 spiro atoms. The van der Waals surface area contributed by atoms with E-state index >= 15 is 0 Å². The Kier molecular flexibility index (Phi) is 6.19. The highest BCUT2D eigenvalue weighted by Gasteiger charge is 2.30. The maximum atomic E-state index is 12.8. The zero-order valence-electron chi connectivity index (χ0n) is 15.2. The van der Waals surface area contributed by atoms with Crippen LogP contribution >= 0.6 is 11.6 Å². The molecule has 27 heavy (non-hydrogen) atoms. The average Bonchev–Trinajstić information content (AvgIpc) is 3.22. The van der Waals surface area contributed by atoms with E-state index in [9.17, 15) is 13.2 Å². The molecule has 0 bridgehead atoms. The predicted molar refractivity (Wildman–Crippen MR) is 106 cm³/mol. The van der Waals surface area contributed by atoms with Gasteiger partial charge in [0.1, 0.15) is 4.90 Å². The largest absolute Gasteiger partial charge is 0.345 e. The van der Waals surface area contributed by atoms with Crippen LogP contribution in [0, 0.1) is 0 Å². The van der Waals surface area contributed by atoms with E-state index in [0.717, 1.165) is 24.8 Å². The molecule has 1 fully saturated rings. The second-order valence-electron chi connectivity index (χ2n) is 6.60. The molecule has 1 heterocycles. The molecule has 2 aromatic carbocycles. The molecule has 7 heteroatoms. The fraction of sp³-hybridized carbons (Fsp3) is 0.350. The Balaban J connectivity index is 1.85. The quantitative estimate of drug-likeness (QED) is 0.788. The molecule has 1 atom stereocenters. The maximum absolute atomic E-state index is 12.8. The van der Waals surface area contributed by atoms with Crippen LogP contribution in [0.5, 0.6) is 0 Å². The van der Waals surface area contributed by atoms with E-state index < -0.39 is 10.0 Å². The molecule has 0 radical (unpaired) electrons. The Hall–Kier alpha value is -1.89.